The lowest BCUT2D eigenvalue weighted by atomic mass is 10.2. The summed E-state index contributed by atoms with van der Waals surface area (Å²) in [4.78, 5) is 13.8. The van der Waals surface area contributed by atoms with E-state index >= 15 is 0 Å². The second-order valence-corrected chi connectivity index (χ2v) is 5.59. The van der Waals surface area contributed by atoms with E-state index in [1.54, 1.807) is 36.2 Å². The van der Waals surface area contributed by atoms with Gasteiger partial charge in [0, 0.05) is 13.6 Å². The molecule has 0 aliphatic heterocycles. The summed E-state index contributed by atoms with van der Waals surface area (Å²) in [5, 5.41) is 0. The molecule has 0 fully saturated rings. The van der Waals surface area contributed by atoms with Crippen LogP contribution in [0.3, 0.4) is 0 Å². The lowest BCUT2D eigenvalue weighted by Gasteiger charge is -2.17. The Kier molecular flexibility index (Phi) is 5.20. The second-order valence-electron chi connectivity index (χ2n) is 5.59. The Balaban J connectivity index is 1.93. The van der Waals surface area contributed by atoms with E-state index in [0.29, 0.717) is 29.7 Å². The van der Waals surface area contributed by atoms with Crippen LogP contribution in [0.1, 0.15) is 30.2 Å². The van der Waals surface area contributed by atoms with Gasteiger partial charge in [0.25, 0.3) is 5.91 Å². The first-order valence-electron chi connectivity index (χ1n) is 7.18. The van der Waals surface area contributed by atoms with Gasteiger partial charge < -0.3 is 14.1 Å². The topological polar surface area (TPSA) is 42.7 Å². The van der Waals surface area contributed by atoms with Gasteiger partial charge in [0.1, 0.15) is 23.9 Å². The number of rotatable bonds is 6. The monoisotopic (exact) mass is 305 g/mol. The second kappa shape index (κ2) is 7.11. The Morgan fingerprint density at radius 2 is 1.91 bits per heavy atom. The van der Waals surface area contributed by atoms with Crippen LogP contribution in [-0.4, -0.2) is 24.4 Å². The summed E-state index contributed by atoms with van der Waals surface area (Å²) in [6.07, 6.45) is 0. The Bertz CT molecular complexity index is 619. The number of amides is 1. The lowest BCUT2D eigenvalue weighted by Crippen LogP contribution is -2.29. The van der Waals surface area contributed by atoms with E-state index < -0.39 is 0 Å². The summed E-state index contributed by atoms with van der Waals surface area (Å²) < 4.78 is 23.8. The van der Waals surface area contributed by atoms with Crippen LogP contribution in [-0.2, 0) is 6.61 Å². The van der Waals surface area contributed by atoms with Gasteiger partial charge in [-0.15, -0.1) is 0 Å². The molecule has 22 heavy (non-hydrogen) atoms. The van der Waals surface area contributed by atoms with Crippen LogP contribution in [0.2, 0.25) is 0 Å². The van der Waals surface area contributed by atoms with Gasteiger partial charge in [0.2, 0.25) is 0 Å². The van der Waals surface area contributed by atoms with E-state index in [9.17, 15) is 9.18 Å². The third-order valence-electron chi connectivity index (χ3n) is 3.05. The smallest absolute Gasteiger partial charge is 0.289 e. The number of furan rings is 1. The number of benzene rings is 1. The minimum atomic E-state index is -0.313. The zero-order valence-electron chi connectivity index (χ0n) is 13.0. The molecule has 0 N–H and O–H groups in total. The number of ether oxygens (including phenoxy) is 1. The van der Waals surface area contributed by atoms with Crippen LogP contribution in [0.25, 0.3) is 0 Å². The molecule has 0 saturated carbocycles. The molecular weight excluding hydrogens is 285 g/mol. The van der Waals surface area contributed by atoms with Crippen molar-refractivity contribution in [2.45, 2.75) is 20.5 Å². The molecule has 1 amide bonds. The van der Waals surface area contributed by atoms with Crippen molar-refractivity contribution in [3.8, 4) is 5.75 Å². The molecule has 1 aromatic heterocycles. The molecule has 2 aromatic rings. The Morgan fingerprint density at radius 3 is 2.55 bits per heavy atom. The predicted octanol–water partition coefficient (Wildman–Crippen LogP) is 3.73. The summed E-state index contributed by atoms with van der Waals surface area (Å²) in [6, 6.07) is 9.09. The van der Waals surface area contributed by atoms with Gasteiger partial charge in [-0.25, -0.2) is 4.39 Å². The molecule has 5 heteroatoms. The first-order valence-corrected chi connectivity index (χ1v) is 7.18. The van der Waals surface area contributed by atoms with Crippen molar-refractivity contribution in [3.05, 3.63) is 53.7 Å². The molecular formula is C17H20FNO3. The fraction of sp³-hybridized carbons (Fsp3) is 0.353. The van der Waals surface area contributed by atoms with Crippen molar-refractivity contribution in [1.29, 1.82) is 0 Å². The van der Waals surface area contributed by atoms with Gasteiger partial charge in [0.05, 0.1) is 0 Å². The molecule has 1 heterocycles. The summed E-state index contributed by atoms with van der Waals surface area (Å²) in [6.45, 7) is 4.95. The molecule has 4 nitrogen and oxygen atoms in total. The molecule has 0 bridgehead atoms. The summed E-state index contributed by atoms with van der Waals surface area (Å²) in [7, 11) is 1.75. The van der Waals surface area contributed by atoms with Crippen molar-refractivity contribution in [3.63, 3.8) is 0 Å². The number of halogens is 1. The maximum Gasteiger partial charge on any atom is 0.289 e. The highest BCUT2D eigenvalue weighted by atomic mass is 19.1. The molecule has 118 valence electrons. The number of nitrogens with zero attached hydrogens (tertiary/aromatic N) is 1. The first kappa shape index (κ1) is 16.1. The molecule has 0 radical (unpaired) electrons. The van der Waals surface area contributed by atoms with Crippen molar-refractivity contribution < 1.29 is 18.3 Å². The Hall–Kier alpha value is -2.30. The van der Waals surface area contributed by atoms with Gasteiger partial charge in [-0.05, 0) is 42.3 Å². The normalized spacial score (nSPS) is 10.8. The number of hydrogen-bond donors (Lipinski definition) is 0. The van der Waals surface area contributed by atoms with Gasteiger partial charge in [-0.2, -0.15) is 0 Å². The maximum atomic E-state index is 12.8. The third-order valence-corrected chi connectivity index (χ3v) is 3.05. The van der Waals surface area contributed by atoms with E-state index in [1.165, 1.54) is 12.1 Å². The minimum absolute atomic E-state index is 0.151. The van der Waals surface area contributed by atoms with Crippen LogP contribution >= 0.6 is 0 Å². The summed E-state index contributed by atoms with van der Waals surface area (Å²) >= 11 is 0. The molecule has 0 aliphatic carbocycles. The average Bonchev–Trinajstić information content (AvgIpc) is 2.94. The van der Waals surface area contributed by atoms with Gasteiger partial charge >= 0.3 is 0 Å². The van der Waals surface area contributed by atoms with E-state index in [1.807, 2.05) is 13.8 Å². The van der Waals surface area contributed by atoms with Crippen molar-refractivity contribution in [1.82, 2.24) is 4.90 Å². The van der Waals surface area contributed by atoms with E-state index in [0.717, 1.165) is 0 Å². The fourth-order valence-corrected chi connectivity index (χ4v) is 2.07. The maximum absolute atomic E-state index is 12.8. The van der Waals surface area contributed by atoms with Crippen molar-refractivity contribution >= 4 is 5.91 Å². The van der Waals surface area contributed by atoms with Crippen LogP contribution in [0, 0.1) is 11.7 Å². The largest absolute Gasteiger partial charge is 0.486 e. The quantitative estimate of drug-likeness (QED) is 0.816. The van der Waals surface area contributed by atoms with Crippen LogP contribution in [0.4, 0.5) is 4.39 Å². The lowest BCUT2D eigenvalue weighted by molar-refractivity contribution is 0.0743. The third kappa shape index (κ3) is 4.35. The Labute approximate surface area is 129 Å². The molecule has 0 atom stereocenters. The molecule has 2 rings (SSSR count). The number of carbonyl (C=O) groups excluding carboxylic acids is 1. The van der Waals surface area contributed by atoms with Gasteiger partial charge in [-0.3, -0.25) is 4.79 Å². The minimum Gasteiger partial charge on any atom is -0.486 e. The highest BCUT2D eigenvalue weighted by molar-refractivity contribution is 5.91. The number of carbonyl (C=O) groups is 1. The summed E-state index contributed by atoms with van der Waals surface area (Å²) in [5.74, 6) is 1.31. The number of hydrogen-bond acceptors (Lipinski definition) is 3. The van der Waals surface area contributed by atoms with Gasteiger partial charge in [0.15, 0.2) is 5.76 Å². The average molecular weight is 305 g/mol. The highest BCUT2D eigenvalue weighted by Gasteiger charge is 2.16. The van der Waals surface area contributed by atoms with Crippen LogP contribution in [0.5, 0.6) is 5.75 Å². The summed E-state index contributed by atoms with van der Waals surface area (Å²) in [5.41, 5.74) is 0. The molecule has 0 aliphatic rings. The predicted molar refractivity (Wildman–Crippen MR) is 81.2 cm³/mol. The first-order chi connectivity index (χ1) is 10.5. The Morgan fingerprint density at radius 1 is 1.23 bits per heavy atom. The van der Waals surface area contributed by atoms with Crippen LogP contribution < -0.4 is 4.74 Å². The zero-order chi connectivity index (χ0) is 16.1. The molecule has 0 unspecified atom stereocenters. The van der Waals surface area contributed by atoms with Crippen molar-refractivity contribution in [2.24, 2.45) is 5.92 Å². The van der Waals surface area contributed by atoms with E-state index in [4.69, 9.17) is 9.15 Å². The van der Waals surface area contributed by atoms with Gasteiger partial charge in [-0.1, -0.05) is 13.8 Å². The fourth-order valence-electron chi connectivity index (χ4n) is 2.07. The highest BCUT2D eigenvalue weighted by Crippen LogP contribution is 2.16. The SMILES string of the molecule is CC(C)CN(C)C(=O)c1ccc(COc2ccc(F)cc2)o1. The zero-order valence-corrected chi connectivity index (χ0v) is 13.0. The van der Waals surface area contributed by atoms with E-state index in [2.05, 4.69) is 0 Å². The molecule has 0 saturated heterocycles. The van der Waals surface area contributed by atoms with Crippen LogP contribution in [0.15, 0.2) is 40.8 Å². The standard InChI is InChI=1S/C17H20FNO3/c1-12(2)10-19(3)17(20)16-9-8-15(22-16)11-21-14-6-4-13(18)5-7-14/h4-9,12H,10-11H2,1-3H3. The van der Waals surface area contributed by atoms with E-state index in [-0.39, 0.29) is 18.3 Å². The molecule has 0 spiro atoms. The molecule has 1 aromatic carbocycles. The van der Waals surface area contributed by atoms with Crippen molar-refractivity contribution in [2.75, 3.05) is 13.6 Å².